The number of benzene rings is 1. The Kier molecular flexibility index (Phi) is 11.5. The van der Waals surface area contributed by atoms with Crippen molar-refractivity contribution >= 4 is 18.0 Å². The lowest BCUT2D eigenvalue weighted by atomic mass is 9.89. The normalized spacial score (nSPS) is 18.8. The molecule has 33 heavy (non-hydrogen) atoms. The Morgan fingerprint density at radius 2 is 1.67 bits per heavy atom. The molecule has 1 aliphatic rings. The maximum Gasteiger partial charge on any atom is 0.311 e. The Labute approximate surface area is 200 Å². The van der Waals surface area contributed by atoms with Crippen molar-refractivity contribution in [1.82, 2.24) is 5.32 Å². The van der Waals surface area contributed by atoms with Gasteiger partial charge in [-0.05, 0) is 76.1 Å². The van der Waals surface area contributed by atoms with Crippen LogP contribution in [0.1, 0.15) is 97.5 Å². The Morgan fingerprint density at radius 1 is 1.00 bits per heavy atom. The topological polar surface area (TPSA) is 64.6 Å². The van der Waals surface area contributed by atoms with E-state index < -0.39 is 5.41 Å². The number of amides is 1. The third kappa shape index (κ3) is 10.0. The highest BCUT2D eigenvalue weighted by atomic mass is 16.5. The van der Waals surface area contributed by atoms with Crippen LogP contribution in [0.25, 0.3) is 6.08 Å². The molecule has 0 heterocycles. The second-order valence-corrected chi connectivity index (χ2v) is 9.79. The van der Waals surface area contributed by atoms with Gasteiger partial charge in [0.15, 0.2) is 0 Å². The lowest BCUT2D eigenvalue weighted by molar-refractivity contribution is -0.161. The van der Waals surface area contributed by atoms with E-state index in [1.165, 1.54) is 25.7 Å². The summed E-state index contributed by atoms with van der Waals surface area (Å²) in [4.78, 5) is 24.6. The minimum atomic E-state index is -0.436. The Balaban J connectivity index is 1.67. The molecule has 0 spiro atoms. The van der Waals surface area contributed by atoms with Crippen LogP contribution in [0.4, 0.5) is 0 Å². The van der Waals surface area contributed by atoms with Crippen molar-refractivity contribution < 1.29 is 19.1 Å². The molecule has 5 heteroatoms. The minimum Gasteiger partial charge on any atom is -0.494 e. The van der Waals surface area contributed by atoms with Gasteiger partial charge in [-0.3, -0.25) is 9.59 Å². The van der Waals surface area contributed by atoms with Crippen molar-refractivity contribution in [2.45, 2.75) is 104 Å². The summed E-state index contributed by atoms with van der Waals surface area (Å²) in [6.45, 7) is 8.81. The average Bonchev–Trinajstić information content (AvgIpc) is 2.82. The van der Waals surface area contributed by atoms with Crippen molar-refractivity contribution in [1.29, 1.82) is 0 Å². The molecule has 1 amide bonds. The number of hydrogen-bond acceptors (Lipinski definition) is 4. The molecule has 1 fully saturated rings. The van der Waals surface area contributed by atoms with Gasteiger partial charge in [0.25, 0.3) is 0 Å². The monoisotopic (exact) mass is 457 g/mol. The van der Waals surface area contributed by atoms with Gasteiger partial charge in [-0.2, -0.15) is 0 Å². The van der Waals surface area contributed by atoms with Gasteiger partial charge in [0, 0.05) is 12.1 Å². The average molecular weight is 458 g/mol. The van der Waals surface area contributed by atoms with Crippen LogP contribution >= 0.6 is 0 Å². The third-order valence-corrected chi connectivity index (χ3v) is 6.55. The van der Waals surface area contributed by atoms with Crippen molar-refractivity contribution in [2.24, 2.45) is 5.41 Å². The minimum absolute atomic E-state index is 0.0379. The van der Waals surface area contributed by atoms with Gasteiger partial charge in [0.1, 0.15) is 11.9 Å². The summed E-state index contributed by atoms with van der Waals surface area (Å²) >= 11 is 0. The van der Waals surface area contributed by atoms with Crippen molar-refractivity contribution in [3.63, 3.8) is 0 Å². The summed E-state index contributed by atoms with van der Waals surface area (Å²) in [6, 6.07) is 7.96. The maximum absolute atomic E-state index is 12.3. The number of hydrogen-bond donors (Lipinski definition) is 1. The van der Waals surface area contributed by atoms with Crippen molar-refractivity contribution in [2.75, 3.05) is 6.61 Å². The van der Waals surface area contributed by atoms with E-state index in [9.17, 15) is 9.59 Å². The number of carbonyl (C=O) groups is 2. The first-order chi connectivity index (χ1) is 15.8. The molecule has 0 aliphatic heterocycles. The van der Waals surface area contributed by atoms with Crippen LogP contribution in [0.3, 0.4) is 0 Å². The van der Waals surface area contributed by atoms with Gasteiger partial charge in [0.05, 0.1) is 12.0 Å². The fraction of sp³-hybridized carbons (Fsp3) is 0.643. The Morgan fingerprint density at radius 3 is 2.30 bits per heavy atom. The van der Waals surface area contributed by atoms with E-state index in [1.54, 1.807) is 6.08 Å². The molecule has 2 rings (SSSR count). The van der Waals surface area contributed by atoms with E-state index in [1.807, 2.05) is 51.1 Å². The third-order valence-electron chi connectivity index (χ3n) is 6.55. The maximum atomic E-state index is 12.3. The summed E-state index contributed by atoms with van der Waals surface area (Å²) in [5, 5.41) is 3.07. The second-order valence-electron chi connectivity index (χ2n) is 9.79. The van der Waals surface area contributed by atoms with Gasteiger partial charge in [0.2, 0.25) is 5.91 Å². The molecule has 0 aromatic heterocycles. The quantitative estimate of drug-likeness (QED) is 0.210. The number of nitrogens with one attached hydrogen (secondary N) is 1. The number of rotatable bonds is 13. The highest BCUT2D eigenvalue weighted by Gasteiger charge is 2.31. The molecule has 184 valence electrons. The van der Waals surface area contributed by atoms with Gasteiger partial charge < -0.3 is 14.8 Å². The van der Waals surface area contributed by atoms with E-state index in [2.05, 4.69) is 12.2 Å². The number of esters is 1. The van der Waals surface area contributed by atoms with Crippen molar-refractivity contribution in [3.05, 3.63) is 35.9 Å². The van der Waals surface area contributed by atoms with E-state index in [4.69, 9.17) is 9.47 Å². The lowest BCUT2D eigenvalue weighted by Crippen LogP contribution is -2.39. The van der Waals surface area contributed by atoms with Crippen LogP contribution in [0, 0.1) is 5.41 Å². The van der Waals surface area contributed by atoms with Crippen LogP contribution in [-0.4, -0.2) is 30.6 Å². The highest BCUT2D eigenvalue weighted by molar-refractivity contribution is 5.91. The number of ether oxygens (including phenoxy) is 2. The zero-order valence-electron chi connectivity index (χ0n) is 21.0. The van der Waals surface area contributed by atoms with Crippen LogP contribution in [-0.2, 0) is 14.3 Å². The summed E-state index contributed by atoms with van der Waals surface area (Å²) in [6.07, 6.45) is 13.5. The SMILES string of the molecule is CCCCCCCOc1ccc(/C=C/C(=O)NC2CCC(OC(=O)C(C)(C)CC)CC2)cc1. The second kappa shape index (κ2) is 14.1. The summed E-state index contributed by atoms with van der Waals surface area (Å²) in [7, 11) is 0. The fourth-order valence-electron chi connectivity index (χ4n) is 3.77. The molecule has 0 saturated heterocycles. The molecular formula is C28H43NO4. The van der Waals surface area contributed by atoms with E-state index in [-0.39, 0.29) is 24.0 Å². The molecule has 5 nitrogen and oxygen atoms in total. The highest BCUT2D eigenvalue weighted by Crippen LogP contribution is 2.27. The van der Waals surface area contributed by atoms with E-state index in [0.29, 0.717) is 0 Å². The van der Waals surface area contributed by atoms with Gasteiger partial charge in [-0.15, -0.1) is 0 Å². The lowest BCUT2D eigenvalue weighted by Gasteiger charge is -2.31. The van der Waals surface area contributed by atoms with Gasteiger partial charge >= 0.3 is 5.97 Å². The molecule has 1 aromatic rings. The van der Waals surface area contributed by atoms with Crippen LogP contribution in [0.15, 0.2) is 30.3 Å². The predicted molar refractivity (Wildman–Crippen MR) is 134 cm³/mol. The fourth-order valence-corrected chi connectivity index (χ4v) is 3.77. The summed E-state index contributed by atoms with van der Waals surface area (Å²) in [5.41, 5.74) is 0.531. The molecule has 0 atom stereocenters. The van der Waals surface area contributed by atoms with E-state index in [0.717, 1.165) is 56.4 Å². The Hall–Kier alpha value is -2.30. The molecular weight excluding hydrogens is 414 g/mol. The number of unbranched alkanes of at least 4 members (excludes halogenated alkanes) is 4. The van der Waals surface area contributed by atoms with Gasteiger partial charge in [-0.1, -0.05) is 51.7 Å². The van der Waals surface area contributed by atoms with Crippen molar-refractivity contribution in [3.8, 4) is 5.75 Å². The molecule has 1 saturated carbocycles. The zero-order valence-corrected chi connectivity index (χ0v) is 21.0. The first-order valence-electron chi connectivity index (χ1n) is 12.8. The first-order valence-corrected chi connectivity index (χ1v) is 12.8. The standard InChI is InChI=1S/C28H43NO4/c1-5-7-8-9-10-21-32-24-16-11-22(12-17-24)13-20-26(30)29-23-14-18-25(19-15-23)33-27(31)28(3,4)6-2/h11-13,16-17,20,23,25H,5-10,14-15,18-19,21H2,1-4H3,(H,29,30)/b20-13+. The summed E-state index contributed by atoms with van der Waals surface area (Å²) in [5.74, 6) is 0.658. The molecule has 0 bridgehead atoms. The number of carbonyl (C=O) groups excluding carboxylic acids is 2. The Bertz CT molecular complexity index is 746. The van der Waals surface area contributed by atoms with Crippen LogP contribution in [0.2, 0.25) is 0 Å². The van der Waals surface area contributed by atoms with E-state index >= 15 is 0 Å². The van der Waals surface area contributed by atoms with Crippen LogP contribution < -0.4 is 10.1 Å². The predicted octanol–water partition coefficient (Wildman–Crippen LogP) is 6.46. The molecule has 0 unspecified atom stereocenters. The summed E-state index contributed by atoms with van der Waals surface area (Å²) < 4.78 is 11.5. The molecule has 1 aromatic carbocycles. The molecule has 1 N–H and O–H groups in total. The largest absolute Gasteiger partial charge is 0.494 e. The first kappa shape index (κ1) is 26.9. The smallest absolute Gasteiger partial charge is 0.311 e. The molecule has 0 radical (unpaired) electrons. The molecule has 1 aliphatic carbocycles. The zero-order chi connectivity index (χ0) is 24.1. The van der Waals surface area contributed by atoms with Gasteiger partial charge in [-0.25, -0.2) is 0 Å². The van der Waals surface area contributed by atoms with Crippen LogP contribution in [0.5, 0.6) is 5.75 Å².